The molecular weight excluding hydrogens is 444 g/mol. The van der Waals surface area contributed by atoms with Crippen LogP contribution < -0.4 is 10.7 Å². The monoisotopic (exact) mass is 468 g/mol. The van der Waals surface area contributed by atoms with Crippen molar-refractivity contribution in [2.45, 2.75) is 38.8 Å². The number of carbonyl (C=O) groups excluding carboxylic acids is 2. The first kappa shape index (κ1) is 24.2. The molecule has 1 aromatic heterocycles. The Morgan fingerprint density at radius 3 is 2.35 bits per heavy atom. The zero-order valence-corrected chi connectivity index (χ0v) is 18.8. The average Bonchev–Trinajstić information content (AvgIpc) is 3.09. The first-order valence-electron chi connectivity index (χ1n) is 10.3. The molecule has 1 heterocycles. The van der Waals surface area contributed by atoms with Crippen LogP contribution in [0.5, 0.6) is 0 Å². The molecule has 0 spiro atoms. The van der Waals surface area contributed by atoms with E-state index < -0.39 is 34.5 Å². The highest BCUT2D eigenvalue weighted by atomic mass is 16.6. The maximum Gasteiger partial charge on any atom is 0.408 e. The maximum absolute atomic E-state index is 12.7. The van der Waals surface area contributed by atoms with Crippen LogP contribution in [0.2, 0.25) is 0 Å². The lowest BCUT2D eigenvalue weighted by Crippen LogP contribution is -2.44. The zero-order chi connectivity index (χ0) is 25.0. The number of benzene rings is 2. The van der Waals surface area contributed by atoms with E-state index in [9.17, 15) is 29.6 Å². The van der Waals surface area contributed by atoms with Crippen molar-refractivity contribution in [1.29, 1.82) is 0 Å². The van der Waals surface area contributed by atoms with E-state index >= 15 is 0 Å². The minimum atomic E-state index is -1.26. The molecule has 2 aromatic carbocycles. The molecule has 0 fully saturated rings. The first-order valence-corrected chi connectivity index (χ1v) is 10.3. The molecule has 2 amide bonds. The maximum atomic E-state index is 12.7. The van der Waals surface area contributed by atoms with Crippen molar-refractivity contribution < 1.29 is 29.2 Å². The Bertz CT molecular complexity index is 1240. The minimum Gasteiger partial charge on any atom is -0.480 e. The van der Waals surface area contributed by atoms with Crippen molar-refractivity contribution in [3.63, 3.8) is 0 Å². The minimum absolute atomic E-state index is 0.0600. The summed E-state index contributed by atoms with van der Waals surface area (Å²) >= 11 is 0. The van der Waals surface area contributed by atoms with Crippen molar-refractivity contribution in [3.05, 3.63) is 76.0 Å². The molecule has 3 N–H and O–H groups in total. The van der Waals surface area contributed by atoms with Gasteiger partial charge >= 0.3 is 12.1 Å². The van der Waals surface area contributed by atoms with E-state index in [0.29, 0.717) is 16.5 Å². The SMILES string of the molecule is CC(C)(C)OC(=O)N[C@@H](Cc1cn(NC(=O)c2ccc([N+](=O)[O-])cc2)c2ccccc12)C(=O)O. The highest BCUT2D eigenvalue weighted by Crippen LogP contribution is 2.22. The molecule has 34 heavy (non-hydrogen) atoms. The van der Waals surface area contributed by atoms with Crippen LogP contribution in [-0.4, -0.2) is 44.3 Å². The summed E-state index contributed by atoms with van der Waals surface area (Å²) in [5.41, 5.74) is 3.16. The number of nitrogens with one attached hydrogen (secondary N) is 2. The number of fused-ring (bicyclic) bond motifs is 1. The second kappa shape index (κ2) is 9.61. The highest BCUT2D eigenvalue weighted by molar-refractivity contribution is 6.01. The van der Waals surface area contributed by atoms with Gasteiger partial charge in [0.25, 0.3) is 11.6 Å². The summed E-state index contributed by atoms with van der Waals surface area (Å²) in [6.07, 6.45) is 0.658. The van der Waals surface area contributed by atoms with E-state index in [0.717, 1.165) is 0 Å². The van der Waals surface area contributed by atoms with Gasteiger partial charge in [0.15, 0.2) is 0 Å². The number of nitro benzene ring substituents is 1. The van der Waals surface area contributed by atoms with E-state index in [1.54, 1.807) is 51.2 Å². The van der Waals surface area contributed by atoms with Crippen molar-refractivity contribution >= 4 is 34.6 Å². The van der Waals surface area contributed by atoms with E-state index in [1.165, 1.54) is 28.9 Å². The summed E-state index contributed by atoms with van der Waals surface area (Å²) in [5.74, 6) is -1.75. The van der Waals surface area contributed by atoms with Crippen LogP contribution in [0.3, 0.4) is 0 Å². The summed E-state index contributed by atoms with van der Waals surface area (Å²) in [5, 5.41) is 23.5. The van der Waals surface area contributed by atoms with E-state index in [1.807, 2.05) is 0 Å². The normalized spacial score (nSPS) is 12.1. The van der Waals surface area contributed by atoms with Gasteiger partial charge < -0.3 is 15.2 Å². The Kier molecular flexibility index (Phi) is 6.85. The fourth-order valence-electron chi connectivity index (χ4n) is 3.28. The van der Waals surface area contributed by atoms with Gasteiger partial charge in [-0.3, -0.25) is 25.0 Å². The summed E-state index contributed by atoms with van der Waals surface area (Å²) in [4.78, 5) is 46.8. The van der Waals surface area contributed by atoms with Gasteiger partial charge in [0.1, 0.15) is 11.6 Å². The fraction of sp³-hybridized carbons (Fsp3) is 0.261. The Morgan fingerprint density at radius 1 is 1.12 bits per heavy atom. The Hall–Kier alpha value is -4.41. The van der Waals surface area contributed by atoms with Crippen LogP contribution in [0.4, 0.5) is 10.5 Å². The summed E-state index contributed by atoms with van der Waals surface area (Å²) < 4.78 is 6.60. The average molecular weight is 468 g/mol. The fourth-order valence-corrected chi connectivity index (χ4v) is 3.28. The van der Waals surface area contributed by atoms with Crippen LogP contribution >= 0.6 is 0 Å². The van der Waals surface area contributed by atoms with E-state index in [-0.39, 0.29) is 17.7 Å². The lowest BCUT2D eigenvalue weighted by molar-refractivity contribution is -0.384. The van der Waals surface area contributed by atoms with Gasteiger partial charge in [-0.25, -0.2) is 9.59 Å². The van der Waals surface area contributed by atoms with Crippen LogP contribution in [0.25, 0.3) is 10.9 Å². The molecule has 0 bridgehead atoms. The van der Waals surface area contributed by atoms with Crippen molar-refractivity contribution in [2.75, 3.05) is 5.43 Å². The number of aliphatic carboxylic acids is 1. The highest BCUT2D eigenvalue weighted by Gasteiger charge is 2.26. The molecule has 0 aliphatic rings. The molecule has 11 heteroatoms. The smallest absolute Gasteiger partial charge is 0.408 e. The molecule has 0 radical (unpaired) electrons. The van der Waals surface area contributed by atoms with Gasteiger partial charge in [0.2, 0.25) is 0 Å². The molecule has 11 nitrogen and oxygen atoms in total. The molecule has 178 valence electrons. The second-order valence-electron chi connectivity index (χ2n) is 8.53. The lowest BCUT2D eigenvalue weighted by atomic mass is 10.1. The standard InChI is InChI=1S/C23H24N4O7/c1-23(2,3)34-22(31)24-18(21(29)30)12-15-13-26(19-7-5-4-6-17(15)19)25-20(28)14-8-10-16(11-9-14)27(32)33/h4-11,13,18H,12H2,1-3H3,(H,24,31)(H,25,28)(H,29,30)/t18-/m0/s1. The number of carboxylic acids is 1. The predicted molar refractivity (Wildman–Crippen MR) is 123 cm³/mol. The Morgan fingerprint density at radius 2 is 1.76 bits per heavy atom. The number of nitro groups is 1. The van der Waals surface area contributed by atoms with Crippen LogP contribution in [-0.2, 0) is 16.0 Å². The topological polar surface area (TPSA) is 153 Å². The summed E-state index contributed by atoms with van der Waals surface area (Å²) in [6, 6.07) is 10.9. The van der Waals surface area contributed by atoms with Crippen molar-refractivity contribution in [1.82, 2.24) is 9.99 Å². The molecule has 0 saturated heterocycles. The number of ether oxygens (including phenoxy) is 1. The zero-order valence-electron chi connectivity index (χ0n) is 18.8. The largest absolute Gasteiger partial charge is 0.480 e. The van der Waals surface area contributed by atoms with Gasteiger partial charge in [0, 0.05) is 35.7 Å². The van der Waals surface area contributed by atoms with Gasteiger partial charge in [-0.1, -0.05) is 18.2 Å². The number of nitrogens with zero attached hydrogens (tertiary/aromatic N) is 2. The molecule has 0 aliphatic heterocycles. The van der Waals surface area contributed by atoms with Crippen LogP contribution in [0.15, 0.2) is 54.7 Å². The van der Waals surface area contributed by atoms with Crippen molar-refractivity contribution in [2.24, 2.45) is 0 Å². The van der Waals surface area contributed by atoms with Gasteiger partial charge in [-0.15, -0.1) is 0 Å². The summed E-state index contributed by atoms with van der Waals surface area (Å²) in [6.45, 7) is 5.01. The predicted octanol–water partition coefficient (Wildman–Crippen LogP) is 3.45. The quantitative estimate of drug-likeness (QED) is 0.354. The lowest BCUT2D eigenvalue weighted by Gasteiger charge is -2.22. The molecule has 0 unspecified atom stereocenters. The molecule has 1 atom stereocenters. The van der Waals surface area contributed by atoms with Crippen LogP contribution in [0, 0.1) is 10.1 Å². The summed E-state index contributed by atoms with van der Waals surface area (Å²) in [7, 11) is 0. The second-order valence-corrected chi connectivity index (χ2v) is 8.53. The number of carboxylic acid groups (broad SMARTS) is 1. The molecular formula is C23H24N4O7. The number of rotatable bonds is 7. The third-order valence-corrected chi connectivity index (χ3v) is 4.77. The van der Waals surface area contributed by atoms with E-state index in [4.69, 9.17) is 4.74 Å². The van der Waals surface area contributed by atoms with E-state index in [2.05, 4.69) is 10.7 Å². The molecule has 0 aliphatic carbocycles. The third kappa shape index (κ3) is 5.88. The first-order chi connectivity index (χ1) is 15.9. The van der Waals surface area contributed by atoms with Crippen molar-refractivity contribution in [3.8, 4) is 0 Å². The van der Waals surface area contributed by atoms with Crippen LogP contribution in [0.1, 0.15) is 36.7 Å². The number of aromatic nitrogens is 1. The Balaban J connectivity index is 1.84. The van der Waals surface area contributed by atoms with Gasteiger partial charge in [-0.2, -0.15) is 0 Å². The number of non-ortho nitro benzene ring substituents is 1. The van der Waals surface area contributed by atoms with Gasteiger partial charge in [-0.05, 0) is 44.5 Å². The Labute approximate surface area is 194 Å². The number of para-hydroxylation sites is 1. The number of hydrogen-bond donors (Lipinski definition) is 3. The molecule has 3 aromatic rings. The number of hydrogen-bond acceptors (Lipinski definition) is 6. The molecule has 0 saturated carbocycles. The number of carbonyl (C=O) groups is 3. The number of alkyl carbamates (subject to hydrolysis) is 1. The molecule has 3 rings (SSSR count). The third-order valence-electron chi connectivity index (χ3n) is 4.77. The number of amides is 2. The van der Waals surface area contributed by atoms with Gasteiger partial charge in [0.05, 0.1) is 10.4 Å².